The van der Waals surface area contributed by atoms with Gasteiger partial charge in [-0.1, -0.05) is 36.5 Å². The van der Waals surface area contributed by atoms with Gasteiger partial charge in [0.15, 0.2) is 5.13 Å². The Morgan fingerprint density at radius 2 is 2.23 bits per heavy atom. The number of ether oxygens (including phenoxy) is 1. The summed E-state index contributed by atoms with van der Waals surface area (Å²) in [6.45, 7) is 2.73. The summed E-state index contributed by atoms with van der Waals surface area (Å²) >= 11 is 1.41. The van der Waals surface area contributed by atoms with Gasteiger partial charge in [0.05, 0.1) is 29.5 Å². The number of benzene rings is 2. The minimum atomic E-state index is -0.184. The average Bonchev–Trinajstić information content (AvgIpc) is 2.99. The quantitative estimate of drug-likeness (QED) is 0.494. The summed E-state index contributed by atoms with van der Waals surface area (Å²) in [5.41, 5.74) is 10.8. The predicted octanol–water partition coefficient (Wildman–Crippen LogP) is 3.36. The number of hydrazone groups is 1. The van der Waals surface area contributed by atoms with Crippen molar-refractivity contribution in [2.75, 3.05) is 12.3 Å². The standard InChI is InChI=1S/C19H20N4O2S/c1-2-8-25-15-5-3-4-14(9-15)12-21-23-18(24)11-13-6-7-16-17(10-13)26-19(20)22-16/h3-7,9-10,12H,2,8,11H2,1H3,(H2,20,22)(H,23,24)/b21-12-. The average molecular weight is 368 g/mol. The monoisotopic (exact) mass is 368 g/mol. The first-order valence-corrected chi connectivity index (χ1v) is 9.15. The molecule has 0 saturated carbocycles. The molecule has 0 fully saturated rings. The fourth-order valence-corrected chi connectivity index (χ4v) is 3.20. The van der Waals surface area contributed by atoms with Crippen molar-refractivity contribution in [3.63, 3.8) is 0 Å². The molecule has 0 spiro atoms. The van der Waals surface area contributed by atoms with Crippen LogP contribution in [0.1, 0.15) is 24.5 Å². The zero-order valence-electron chi connectivity index (χ0n) is 14.4. The van der Waals surface area contributed by atoms with Crippen LogP contribution in [0, 0.1) is 0 Å². The first-order chi connectivity index (χ1) is 12.6. The third-order valence-electron chi connectivity index (χ3n) is 3.57. The topological polar surface area (TPSA) is 89.6 Å². The van der Waals surface area contributed by atoms with E-state index in [9.17, 15) is 4.79 Å². The molecule has 3 N–H and O–H groups in total. The molecule has 26 heavy (non-hydrogen) atoms. The van der Waals surface area contributed by atoms with Gasteiger partial charge in [0.2, 0.25) is 5.91 Å². The molecular weight excluding hydrogens is 348 g/mol. The number of nitrogens with zero attached hydrogens (tertiary/aromatic N) is 2. The van der Waals surface area contributed by atoms with E-state index in [1.165, 1.54) is 11.3 Å². The van der Waals surface area contributed by atoms with Gasteiger partial charge in [0, 0.05) is 0 Å². The highest BCUT2D eigenvalue weighted by atomic mass is 32.1. The summed E-state index contributed by atoms with van der Waals surface area (Å²) in [6.07, 6.45) is 2.79. The van der Waals surface area contributed by atoms with Crippen LogP contribution in [0.3, 0.4) is 0 Å². The van der Waals surface area contributed by atoms with Crippen LogP contribution >= 0.6 is 11.3 Å². The van der Waals surface area contributed by atoms with E-state index in [4.69, 9.17) is 10.5 Å². The Hall–Kier alpha value is -2.93. The number of carbonyl (C=O) groups is 1. The van der Waals surface area contributed by atoms with Crippen LogP contribution < -0.4 is 15.9 Å². The van der Waals surface area contributed by atoms with Crippen molar-refractivity contribution in [2.45, 2.75) is 19.8 Å². The lowest BCUT2D eigenvalue weighted by molar-refractivity contribution is -0.120. The molecule has 7 heteroatoms. The van der Waals surface area contributed by atoms with E-state index in [0.717, 1.165) is 33.5 Å². The molecule has 1 aromatic heterocycles. The molecule has 1 amide bonds. The van der Waals surface area contributed by atoms with Gasteiger partial charge in [-0.05, 0) is 41.8 Å². The highest BCUT2D eigenvalue weighted by Crippen LogP contribution is 2.24. The Labute approximate surface area is 155 Å². The van der Waals surface area contributed by atoms with E-state index in [1.54, 1.807) is 6.21 Å². The molecule has 0 atom stereocenters. The van der Waals surface area contributed by atoms with Crippen LogP contribution in [0.2, 0.25) is 0 Å². The molecule has 3 aromatic rings. The van der Waals surface area contributed by atoms with Crippen molar-refractivity contribution in [1.82, 2.24) is 10.4 Å². The summed E-state index contributed by atoms with van der Waals surface area (Å²) in [7, 11) is 0. The predicted molar refractivity (Wildman–Crippen MR) is 106 cm³/mol. The number of thiazole rings is 1. The van der Waals surface area contributed by atoms with Gasteiger partial charge in [-0.15, -0.1) is 0 Å². The van der Waals surface area contributed by atoms with E-state index >= 15 is 0 Å². The van der Waals surface area contributed by atoms with Gasteiger partial charge >= 0.3 is 0 Å². The summed E-state index contributed by atoms with van der Waals surface area (Å²) in [4.78, 5) is 16.3. The molecule has 1 heterocycles. The first kappa shape index (κ1) is 17.9. The van der Waals surface area contributed by atoms with Crippen LogP contribution in [0.15, 0.2) is 47.6 Å². The maximum atomic E-state index is 12.1. The number of aromatic nitrogens is 1. The smallest absolute Gasteiger partial charge is 0.244 e. The molecule has 0 bridgehead atoms. The zero-order chi connectivity index (χ0) is 18.4. The molecular formula is C19H20N4O2S. The van der Waals surface area contributed by atoms with E-state index in [-0.39, 0.29) is 12.3 Å². The number of anilines is 1. The van der Waals surface area contributed by atoms with Gasteiger partial charge in [-0.2, -0.15) is 5.10 Å². The van der Waals surface area contributed by atoms with E-state index < -0.39 is 0 Å². The third kappa shape index (κ3) is 4.80. The molecule has 0 aliphatic carbocycles. The Morgan fingerprint density at radius 3 is 3.08 bits per heavy atom. The third-order valence-corrected chi connectivity index (χ3v) is 4.42. The number of nitrogen functional groups attached to an aromatic ring is 1. The number of nitrogens with two attached hydrogens (primary N) is 1. The second kappa shape index (κ2) is 8.44. The number of rotatable bonds is 7. The van der Waals surface area contributed by atoms with Crippen molar-refractivity contribution in [2.24, 2.45) is 5.10 Å². The minimum absolute atomic E-state index is 0.184. The van der Waals surface area contributed by atoms with Crippen LogP contribution in [0.4, 0.5) is 5.13 Å². The molecule has 0 aliphatic rings. The van der Waals surface area contributed by atoms with Gasteiger partial charge in [0.25, 0.3) is 0 Å². The SMILES string of the molecule is CCCOc1cccc(/C=N\NC(=O)Cc2ccc3nc(N)sc3c2)c1. The molecule has 0 radical (unpaired) electrons. The van der Waals surface area contributed by atoms with Crippen molar-refractivity contribution in [1.29, 1.82) is 0 Å². The zero-order valence-corrected chi connectivity index (χ0v) is 15.3. The Morgan fingerprint density at radius 1 is 1.35 bits per heavy atom. The number of hydrogen-bond donors (Lipinski definition) is 2. The lowest BCUT2D eigenvalue weighted by Crippen LogP contribution is -2.19. The Bertz CT molecular complexity index is 936. The van der Waals surface area contributed by atoms with E-state index in [0.29, 0.717) is 11.7 Å². The number of amides is 1. The molecule has 0 unspecified atom stereocenters. The van der Waals surface area contributed by atoms with Gasteiger partial charge in [-0.25, -0.2) is 10.4 Å². The molecule has 0 aliphatic heterocycles. The molecule has 134 valence electrons. The van der Waals surface area contributed by atoms with Gasteiger partial charge in [0.1, 0.15) is 5.75 Å². The number of carbonyl (C=O) groups excluding carboxylic acids is 1. The van der Waals surface area contributed by atoms with Crippen LogP contribution in [0.5, 0.6) is 5.75 Å². The fourth-order valence-electron chi connectivity index (χ4n) is 2.41. The van der Waals surface area contributed by atoms with E-state index in [2.05, 4.69) is 22.4 Å². The highest BCUT2D eigenvalue weighted by molar-refractivity contribution is 7.22. The number of fused-ring (bicyclic) bond motifs is 1. The van der Waals surface area contributed by atoms with Gasteiger partial charge < -0.3 is 10.5 Å². The maximum absolute atomic E-state index is 12.1. The van der Waals surface area contributed by atoms with Crippen molar-refractivity contribution >= 4 is 38.8 Å². The van der Waals surface area contributed by atoms with Crippen molar-refractivity contribution in [3.8, 4) is 5.75 Å². The Kier molecular flexibility index (Phi) is 5.80. The van der Waals surface area contributed by atoms with Crippen LogP contribution in [-0.2, 0) is 11.2 Å². The summed E-state index contributed by atoms with van der Waals surface area (Å²) in [5, 5.41) is 4.54. The number of nitrogens with one attached hydrogen (secondary N) is 1. The summed E-state index contributed by atoms with van der Waals surface area (Å²) < 4.78 is 6.55. The second-order valence-corrected chi connectivity index (χ2v) is 6.81. The van der Waals surface area contributed by atoms with Crippen LogP contribution in [-0.4, -0.2) is 23.7 Å². The van der Waals surface area contributed by atoms with Crippen LogP contribution in [0.25, 0.3) is 10.2 Å². The second-order valence-electron chi connectivity index (χ2n) is 5.75. The van der Waals surface area contributed by atoms with E-state index in [1.807, 2.05) is 42.5 Å². The summed E-state index contributed by atoms with van der Waals surface area (Å²) in [6, 6.07) is 13.2. The van der Waals surface area contributed by atoms with Crippen molar-refractivity contribution < 1.29 is 9.53 Å². The molecule has 6 nitrogen and oxygen atoms in total. The van der Waals surface area contributed by atoms with Crippen molar-refractivity contribution in [3.05, 3.63) is 53.6 Å². The lowest BCUT2D eigenvalue weighted by atomic mass is 10.1. The Balaban J connectivity index is 1.56. The lowest BCUT2D eigenvalue weighted by Gasteiger charge is -2.04. The largest absolute Gasteiger partial charge is 0.494 e. The maximum Gasteiger partial charge on any atom is 0.244 e. The number of hydrogen-bond acceptors (Lipinski definition) is 6. The normalized spacial score (nSPS) is 11.1. The first-order valence-electron chi connectivity index (χ1n) is 8.34. The molecule has 0 saturated heterocycles. The highest BCUT2D eigenvalue weighted by Gasteiger charge is 2.06. The van der Waals surface area contributed by atoms with Gasteiger partial charge in [-0.3, -0.25) is 4.79 Å². The summed E-state index contributed by atoms with van der Waals surface area (Å²) in [5.74, 6) is 0.607. The molecule has 3 rings (SSSR count). The minimum Gasteiger partial charge on any atom is -0.494 e. The fraction of sp³-hybridized carbons (Fsp3) is 0.211. The molecule has 2 aromatic carbocycles.